The maximum Gasteiger partial charge on any atom is 0.267 e. The second kappa shape index (κ2) is 8.59. The van der Waals surface area contributed by atoms with Crippen molar-refractivity contribution in [2.24, 2.45) is 0 Å². The number of carbonyl (C=O) groups is 1. The molecule has 0 spiro atoms. The summed E-state index contributed by atoms with van der Waals surface area (Å²) in [5, 5.41) is 7.40. The van der Waals surface area contributed by atoms with Crippen molar-refractivity contribution < 1.29 is 4.79 Å². The fourth-order valence-corrected chi connectivity index (χ4v) is 3.11. The predicted molar refractivity (Wildman–Crippen MR) is 100 cm³/mol. The number of pyridine rings is 2. The molecule has 0 unspecified atom stereocenters. The van der Waals surface area contributed by atoms with Gasteiger partial charge in [0.25, 0.3) is 5.56 Å². The molecule has 0 aliphatic rings. The van der Waals surface area contributed by atoms with Crippen LogP contribution >= 0.6 is 23.4 Å². The normalized spacial score (nSPS) is 10.5. The molecule has 1 amide bonds. The first kappa shape index (κ1) is 18.1. The van der Waals surface area contributed by atoms with Gasteiger partial charge in [0.1, 0.15) is 16.7 Å². The van der Waals surface area contributed by atoms with Crippen LogP contribution in [0.3, 0.4) is 0 Å². The van der Waals surface area contributed by atoms with E-state index in [1.54, 1.807) is 24.5 Å². The van der Waals surface area contributed by atoms with E-state index in [0.717, 1.165) is 10.4 Å². The molecule has 3 rings (SSSR count). The number of nitrogens with zero attached hydrogens (tertiary/aromatic N) is 4. The van der Waals surface area contributed by atoms with Crippen molar-refractivity contribution in [1.82, 2.24) is 19.7 Å². The molecule has 0 saturated heterocycles. The van der Waals surface area contributed by atoms with Crippen LogP contribution in [0.5, 0.6) is 0 Å². The summed E-state index contributed by atoms with van der Waals surface area (Å²) in [7, 11) is 0. The smallest absolute Gasteiger partial charge is 0.267 e. The highest BCUT2D eigenvalue weighted by Crippen LogP contribution is 2.27. The van der Waals surface area contributed by atoms with Crippen LogP contribution in [0.2, 0.25) is 5.15 Å². The zero-order valence-electron chi connectivity index (χ0n) is 13.5. The monoisotopic (exact) mass is 387 g/mol. The molecule has 0 fully saturated rings. The predicted octanol–water partition coefficient (Wildman–Crippen LogP) is 2.62. The number of anilines is 1. The van der Waals surface area contributed by atoms with Crippen molar-refractivity contribution in [3.63, 3.8) is 0 Å². The summed E-state index contributed by atoms with van der Waals surface area (Å²) < 4.78 is 1.01. The van der Waals surface area contributed by atoms with Crippen molar-refractivity contribution in [1.29, 1.82) is 0 Å². The van der Waals surface area contributed by atoms with Gasteiger partial charge in [0.15, 0.2) is 0 Å². The van der Waals surface area contributed by atoms with E-state index in [0.29, 0.717) is 16.5 Å². The Labute approximate surface area is 158 Å². The van der Waals surface area contributed by atoms with E-state index in [9.17, 15) is 9.59 Å². The molecule has 3 heterocycles. The Morgan fingerprint density at radius 3 is 2.77 bits per heavy atom. The van der Waals surface area contributed by atoms with Crippen LogP contribution in [0.4, 0.5) is 5.69 Å². The second-order valence-corrected chi connectivity index (χ2v) is 6.52. The highest BCUT2D eigenvalue weighted by molar-refractivity contribution is 7.98. The van der Waals surface area contributed by atoms with E-state index in [1.165, 1.54) is 23.9 Å². The van der Waals surface area contributed by atoms with Crippen LogP contribution in [-0.4, -0.2) is 25.7 Å². The van der Waals surface area contributed by atoms with Gasteiger partial charge in [-0.3, -0.25) is 14.6 Å². The molecule has 9 heteroatoms. The molecule has 0 saturated carbocycles. The van der Waals surface area contributed by atoms with Crippen molar-refractivity contribution in [3.8, 4) is 0 Å². The second-order valence-electron chi connectivity index (χ2n) is 5.17. The lowest BCUT2D eigenvalue weighted by Gasteiger charge is -2.10. The number of thioether (sulfide) groups is 1. The van der Waals surface area contributed by atoms with Crippen molar-refractivity contribution >= 4 is 35.0 Å². The summed E-state index contributed by atoms with van der Waals surface area (Å²) in [5.41, 5.74) is 1.07. The van der Waals surface area contributed by atoms with Crippen LogP contribution in [0, 0.1) is 0 Å². The van der Waals surface area contributed by atoms with E-state index in [1.807, 2.05) is 18.2 Å². The first-order valence-corrected chi connectivity index (χ1v) is 8.99. The van der Waals surface area contributed by atoms with Gasteiger partial charge in [-0.2, -0.15) is 5.10 Å². The molecule has 26 heavy (non-hydrogen) atoms. The highest BCUT2D eigenvalue weighted by atomic mass is 35.5. The Balaban J connectivity index is 1.68. The van der Waals surface area contributed by atoms with Gasteiger partial charge in [0.2, 0.25) is 5.91 Å². The molecule has 0 bridgehead atoms. The first-order valence-electron chi connectivity index (χ1n) is 7.63. The van der Waals surface area contributed by atoms with Gasteiger partial charge in [-0.1, -0.05) is 29.4 Å². The largest absolute Gasteiger partial charge is 0.322 e. The van der Waals surface area contributed by atoms with Gasteiger partial charge in [0, 0.05) is 24.2 Å². The van der Waals surface area contributed by atoms with Crippen LogP contribution in [0.15, 0.2) is 64.7 Å². The summed E-state index contributed by atoms with van der Waals surface area (Å²) in [4.78, 5) is 32.6. The SMILES string of the molecule is O=C(Cn1nc(Cl)ccc1=O)Nc1cccnc1SCc1ccccn1. The Kier molecular flexibility index (Phi) is 5.98. The molecule has 0 atom stereocenters. The van der Waals surface area contributed by atoms with Crippen molar-refractivity contribution in [2.45, 2.75) is 17.3 Å². The lowest BCUT2D eigenvalue weighted by atomic mass is 10.4. The number of rotatable bonds is 6. The number of aromatic nitrogens is 4. The maximum absolute atomic E-state index is 12.3. The Morgan fingerprint density at radius 2 is 1.96 bits per heavy atom. The standard InChI is InChI=1S/C17H14ClN5O2S/c18-14-6-7-16(25)23(22-14)10-15(24)21-13-5-3-9-20-17(13)26-11-12-4-1-2-8-19-12/h1-9H,10-11H2,(H,21,24). The molecular weight excluding hydrogens is 374 g/mol. The van der Waals surface area contributed by atoms with Crippen LogP contribution < -0.4 is 10.9 Å². The average molecular weight is 388 g/mol. The quantitative estimate of drug-likeness (QED) is 0.654. The molecule has 132 valence electrons. The number of hydrogen-bond donors (Lipinski definition) is 1. The topological polar surface area (TPSA) is 89.8 Å². The summed E-state index contributed by atoms with van der Waals surface area (Å²) in [6.45, 7) is -0.237. The Morgan fingerprint density at radius 1 is 1.12 bits per heavy atom. The summed E-state index contributed by atoms with van der Waals surface area (Å²) >= 11 is 7.22. The molecule has 3 aromatic rings. The van der Waals surface area contributed by atoms with Gasteiger partial charge in [-0.05, 0) is 30.3 Å². The van der Waals surface area contributed by atoms with Crippen LogP contribution in [-0.2, 0) is 17.1 Å². The summed E-state index contributed by atoms with van der Waals surface area (Å²) in [5.74, 6) is 0.227. The van der Waals surface area contributed by atoms with Gasteiger partial charge < -0.3 is 5.32 Å². The van der Waals surface area contributed by atoms with Gasteiger partial charge in [-0.25, -0.2) is 9.67 Å². The fourth-order valence-electron chi connectivity index (χ4n) is 2.09. The van der Waals surface area contributed by atoms with Crippen LogP contribution in [0.25, 0.3) is 0 Å². The fraction of sp³-hybridized carbons (Fsp3) is 0.118. The van der Waals surface area contributed by atoms with E-state index < -0.39 is 11.5 Å². The number of amides is 1. The lowest BCUT2D eigenvalue weighted by Crippen LogP contribution is -2.29. The van der Waals surface area contributed by atoms with Gasteiger partial charge in [-0.15, -0.1) is 0 Å². The Hall–Kier alpha value is -2.71. The van der Waals surface area contributed by atoms with E-state index in [-0.39, 0.29) is 11.7 Å². The van der Waals surface area contributed by atoms with Gasteiger partial charge in [0.05, 0.1) is 11.4 Å². The third-order valence-electron chi connectivity index (χ3n) is 3.26. The zero-order valence-corrected chi connectivity index (χ0v) is 15.1. The van der Waals surface area contributed by atoms with Crippen molar-refractivity contribution in [3.05, 3.63) is 76.1 Å². The number of carbonyl (C=O) groups excluding carboxylic acids is 1. The number of hydrogen-bond acceptors (Lipinski definition) is 6. The first-order chi connectivity index (χ1) is 12.6. The molecule has 0 aromatic carbocycles. The van der Waals surface area contributed by atoms with Gasteiger partial charge >= 0.3 is 0 Å². The molecule has 0 aliphatic heterocycles. The molecule has 0 radical (unpaired) electrons. The molecule has 1 N–H and O–H groups in total. The summed E-state index contributed by atoms with van der Waals surface area (Å²) in [6.07, 6.45) is 3.38. The minimum atomic E-state index is -0.402. The van der Waals surface area contributed by atoms with E-state index in [2.05, 4.69) is 20.4 Å². The van der Waals surface area contributed by atoms with E-state index >= 15 is 0 Å². The third kappa shape index (κ3) is 4.90. The summed E-state index contributed by atoms with van der Waals surface area (Å²) in [6, 6.07) is 11.8. The van der Waals surface area contributed by atoms with Crippen molar-refractivity contribution in [2.75, 3.05) is 5.32 Å². The molecular formula is C17H14ClN5O2S. The highest BCUT2D eigenvalue weighted by Gasteiger charge is 2.11. The molecule has 0 aliphatic carbocycles. The zero-order chi connectivity index (χ0) is 18.4. The van der Waals surface area contributed by atoms with Crippen LogP contribution in [0.1, 0.15) is 5.69 Å². The molecule has 7 nitrogen and oxygen atoms in total. The minimum absolute atomic E-state index is 0.144. The average Bonchev–Trinajstić information content (AvgIpc) is 2.65. The number of nitrogens with one attached hydrogen (secondary N) is 1. The number of halogens is 1. The maximum atomic E-state index is 12.3. The van der Waals surface area contributed by atoms with E-state index in [4.69, 9.17) is 11.6 Å². The third-order valence-corrected chi connectivity index (χ3v) is 4.50. The minimum Gasteiger partial charge on any atom is -0.322 e. The molecule has 3 aromatic heterocycles. The Bertz CT molecular complexity index is 965. The lowest BCUT2D eigenvalue weighted by molar-refractivity contribution is -0.117.